The Labute approximate surface area is 156 Å². The molecule has 0 bridgehead atoms. The van der Waals surface area contributed by atoms with Crippen LogP contribution in [-0.2, 0) is 13.1 Å². The predicted octanol–water partition coefficient (Wildman–Crippen LogP) is 5.02. The second kappa shape index (κ2) is 7.32. The molecule has 26 heavy (non-hydrogen) atoms. The molecule has 0 aliphatic rings. The van der Waals surface area contributed by atoms with Crippen LogP contribution < -0.4 is 0 Å². The first-order valence-electron chi connectivity index (χ1n) is 8.58. The van der Waals surface area contributed by atoms with Gasteiger partial charge in [0, 0.05) is 39.0 Å². The minimum atomic E-state index is 0.113. The molecule has 0 fully saturated rings. The van der Waals surface area contributed by atoms with Crippen LogP contribution in [0.15, 0.2) is 65.4 Å². The van der Waals surface area contributed by atoms with Crippen molar-refractivity contribution in [2.45, 2.75) is 20.0 Å². The zero-order chi connectivity index (χ0) is 17.9. The Morgan fingerprint density at radius 2 is 2.00 bits per heavy atom. The van der Waals surface area contributed by atoms with E-state index < -0.39 is 0 Å². The van der Waals surface area contributed by atoms with Gasteiger partial charge < -0.3 is 9.40 Å². The molecule has 0 unspecified atom stereocenters. The zero-order valence-electron chi connectivity index (χ0n) is 14.6. The number of carbonyl (C=O) groups is 1. The summed E-state index contributed by atoms with van der Waals surface area (Å²) in [5.74, 6) is 0.979. The SMILES string of the molecule is Cc1ccc(CN(CC(=O)c2c[nH]c3ccccc23)Cc2ccco2)s1. The lowest BCUT2D eigenvalue weighted by Crippen LogP contribution is -2.28. The molecule has 4 nitrogen and oxygen atoms in total. The first-order valence-corrected chi connectivity index (χ1v) is 9.40. The molecule has 0 aliphatic heterocycles. The van der Waals surface area contributed by atoms with Gasteiger partial charge in [-0.1, -0.05) is 18.2 Å². The lowest BCUT2D eigenvalue weighted by atomic mass is 10.1. The number of aromatic amines is 1. The molecule has 0 saturated carbocycles. The third kappa shape index (κ3) is 3.64. The van der Waals surface area contributed by atoms with Crippen molar-refractivity contribution in [2.75, 3.05) is 6.54 Å². The van der Waals surface area contributed by atoms with Crippen LogP contribution in [0.25, 0.3) is 10.9 Å². The predicted molar refractivity (Wildman–Crippen MR) is 105 cm³/mol. The number of hydrogen-bond donors (Lipinski definition) is 1. The van der Waals surface area contributed by atoms with Crippen molar-refractivity contribution in [3.8, 4) is 0 Å². The van der Waals surface area contributed by atoms with Gasteiger partial charge in [-0.3, -0.25) is 9.69 Å². The van der Waals surface area contributed by atoms with Crippen LogP contribution in [0, 0.1) is 6.92 Å². The number of fused-ring (bicyclic) bond motifs is 1. The lowest BCUT2D eigenvalue weighted by molar-refractivity contribution is 0.0917. The molecule has 0 atom stereocenters. The molecule has 1 N–H and O–H groups in total. The summed E-state index contributed by atoms with van der Waals surface area (Å²) < 4.78 is 5.49. The van der Waals surface area contributed by atoms with Crippen molar-refractivity contribution < 1.29 is 9.21 Å². The maximum absolute atomic E-state index is 13.0. The molecular weight excluding hydrogens is 344 g/mol. The highest BCUT2D eigenvalue weighted by molar-refractivity contribution is 7.11. The van der Waals surface area contributed by atoms with Crippen molar-refractivity contribution in [3.05, 3.63) is 82.1 Å². The first kappa shape index (κ1) is 16.8. The molecule has 3 heterocycles. The number of nitrogens with zero attached hydrogens (tertiary/aromatic N) is 1. The molecular formula is C21H20N2O2S. The van der Waals surface area contributed by atoms with Crippen molar-refractivity contribution in [1.82, 2.24) is 9.88 Å². The number of hydrogen-bond acceptors (Lipinski definition) is 4. The van der Waals surface area contributed by atoms with E-state index in [9.17, 15) is 4.79 Å². The van der Waals surface area contributed by atoms with Crippen LogP contribution >= 0.6 is 11.3 Å². The van der Waals surface area contributed by atoms with Gasteiger partial charge in [0.05, 0.1) is 19.4 Å². The molecule has 0 aliphatic carbocycles. The molecule has 3 aromatic heterocycles. The van der Waals surface area contributed by atoms with Crippen molar-refractivity contribution in [3.63, 3.8) is 0 Å². The van der Waals surface area contributed by atoms with E-state index in [1.807, 2.05) is 42.6 Å². The summed E-state index contributed by atoms with van der Waals surface area (Å²) in [6, 6.07) is 16.0. The third-order valence-electron chi connectivity index (χ3n) is 4.39. The van der Waals surface area contributed by atoms with E-state index in [1.54, 1.807) is 17.6 Å². The van der Waals surface area contributed by atoms with E-state index in [2.05, 4.69) is 28.9 Å². The van der Waals surface area contributed by atoms with Crippen LogP contribution in [0.1, 0.15) is 25.9 Å². The second-order valence-electron chi connectivity index (χ2n) is 6.41. The number of ketones is 1. The summed E-state index contributed by atoms with van der Waals surface area (Å²) in [5.41, 5.74) is 1.73. The number of aryl methyl sites for hydroxylation is 1. The van der Waals surface area contributed by atoms with Crippen LogP contribution in [0.3, 0.4) is 0 Å². The number of Topliss-reactive ketones (excluding diaryl/α,β-unsaturated/α-hetero) is 1. The maximum Gasteiger partial charge on any atom is 0.178 e. The highest BCUT2D eigenvalue weighted by Gasteiger charge is 2.18. The number of H-pyrrole nitrogens is 1. The summed E-state index contributed by atoms with van der Waals surface area (Å²) in [6.07, 6.45) is 3.48. The molecule has 4 aromatic rings. The van der Waals surface area contributed by atoms with Gasteiger partial charge in [0.1, 0.15) is 5.76 Å². The summed E-state index contributed by atoms with van der Waals surface area (Å²) in [5, 5.41) is 0.974. The zero-order valence-corrected chi connectivity index (χ0v) is 15.4. The van der Waals surface area contributed by atoms with E-state index >= 15 is 0 Å². The van der Waals surface area contributed by atoms with Gasteiger partial charge in [0.15, 0.2) is 5.78 Å². The molecule has 0 saturated heterocycles. The topological polar surface area (TPSA) is 49.2 Å². The third-order valence-corrected chi connectivity index (χ3v) is 5.38. The number of carbonyl (C=O) groups excluding carboxylic acids is 1. The van der Waals surface area contributed by atoms with E-state index in [4.69, 9.17) is 4.42 Å². The number of furan rings is 1. The standard InChI is InChI=1S/C21H20N2O2S/c1-15-8-9-17(26-15)13-23(12-16-5-4-10-25-16)14-21(24)19-11-22-20-7-3-2-6-18(19)20/h2-11,22H,12-14H2,1H3. The average Bonchev–Trinajstić information content (AvgIpc) is 3.36. The number of thiophene rings is 1. The lowest BCUT2D eigenvalue weighted by Gasteiger charge is -2.19. The normalized spacial score (nSPS) is 11.5. The molecule has 1 aromatic carbocycles. The minimum Gasteiger partial charge on any atom is -0.468 e. The smallest absolute Gasteiger partial charge is 0.178 e. The Bertz CT molecular complexity index is 1010. The van der Waals surface area contributed by atoms with Crippen LogP contribution in [0.4, 0.5) is 0 Å². The van der Waals surface area contributed by atoms with Crippen LogP contribution in [-0.4, -0.2) is 22.2 Å². The molecule has 0 spiro atoms. The average molecular weight is 364 g/mol. The van der Waals surface area contributed by atoms with Gasteiger partial charge in [-0.15, -0.1) is 11.3 Å². The Hall–Kier alpha value is -2.63. The highest BCUT2D eigenvalue weighted by Crippen LogP contribution is 2.21. The fourth-order valence-corrected chi connectivity index (χ4v) is 4.10. The molecule has 0 radical (unpaired) electrons. The van der Waals surface area contributed by atoms with Crippen LogP contribution in [0.5, 0.6) is 0 Å². The quantitative estimate of drug-likeness (QED) is 0.469. The van der Waals surface area contributed by atoms with Crippen molar-refractivity contribution in [2.24, 2.45) is 0 Å². The summed E-state index contributed by atoms with van der Waals surface area (Å²) in [6.45, 7) is 3.78. The fourth-order valence-electron chi connectivity index (χ4n) is 3.17. The van der Waals surface area contributed by atoms with Gasteiger partial charge in [-0.05, 0) is 37.3 Å². The van der Waals surface area contributed by atoms with Gasteiger partial charge in [0.25, 0.3) is 0 Å². The summed E-state index contributed by atoms with van der Waals surface area (Å²) >= 11 is 1.77. The Morgan fingerprint density at radius 1 is 1.12 bits per heavy atom. The summed E-state index contributed by atoms with van der Waals surface area (Å²) in [7, 11) is 0. The first-order chi connectivity index (χ1) is 12.7. The molecule has 132 valence electrons. The van der Waals surface area contributed by atoms with Gasteiger partial charge in [-0.25, -0.2) is 0 Å². The van der Waals surface area contributed by atoms with E-state index in [0.29, 0.717) is 13.1 Å². The number of nitrogens with one attached hydrogen (secondary N) is 1. The monoisotopic (exact) mass is 364 g/mol. The van der Waals surface area contributed by atoms with E-state index in [1.165, 1.54) is 9.75 Å². The Morgan fingerprint density at radius 3 is 2.77 bits per heavy atom. The molecule has 4 rings (SSSR count). The Kier molecular flexibility index (Phi) is 4.73. The minimum absolute atomic E-state index is 0.113. The molecule has 0 amide bonds. The molecule has 5 heteroatoms. The number of aromatic nitrogens is 1. The van der Waals surface area contributed by atoms with Crippen LogP contribution in [0.2, 0.25) is 0 Å². The van der Waals surface area contributed by atoms with Gasteiger partial charge in [-0.2, -0.15) is 0 Å². The van der Waals surface area contributed by atoms with E-state index in [-0.39, 0.29) is 5.78 Å². The largest absolute Gasteiger partial charge is 0.468 e. The number of para-hydroxylation sites is 1. The van der Waals surface area contributed by atoms with Crippen molar-refractivity contribution in [1.29, 1.82) is 0 Å². The second-order valence-corrected chi connectivity index (χ2v) is 7.78. The van der Waals surface area contributed by atoms with Crippen molar-refractivity contribution >= 4 is 28.0 Å². The van der Waals surface area contributed by atoms with Gasteiger partial charge in [0.2, 0.25) is 0 Å². The van der Waals surface area contributed by atoms with E-state index in [0.717, 1.165) is 28.8 Å². The highest BCUT2D eigenvalue weighted by atomic mass is 32.1. The number of benzene rings is 1. The maximum atomic E-state index is 13.0. The fraction of sp³-hybridized carbons (Fsp3) is 0.190. The Balaban J connectivity index is 1.55. The van der Waals surface area contributed by atoms with Gasteiger partial charge >= 0.3 is 0 Å². The number of rotatable bonds is 7. The summed E-state index contributed by atoms with van der Waals surface area (Å²) in [4.78, 5) is 20.8.